The maximum absolute atomic E-state index is 12.0. The van der Waals surface area contributed by atoms with Crippen LogP contribution in [0.3, 0.4) is 0 Å². The van der Waals surface area contributed by atoms with Crippen molar-refractivity contribution in [3.8, 4) is 0 Å². The summed E-state index contributed by atoms with van der Waals surface area (Å²) < 4.78 is 0. The van der Waals surface area contributed by atoms with Gasteiger partial charge in [0.1, 0.15) is 0 Å². The first kappa shape index (κ1) is 20.4. The van der Waals surface area contributed by atoms with Gasteiger partial charge >= 0.3 is 0 Å². The summed E-state index contributed by atoms with van der Waals surface area (Å²) in [5.74, 6) is -0.421. The number of carbonyl (C=O) groups is 1. The van der Waals surface area contributed by atoms with Crippen LogP contribution >= 0.6 is 0 Å². The number of nitrogens with zero attached hydrogens (tertiary/aromatic N) is 3. The van der Waals surface area contributed by atoms with Crippen molar-refractivity contribution in [3.05, 3.63) is 59.2 Å². The minimum atomic E-state index is -0.421. The van der Waals surface area contributed by atoms with E-state index >= 15 is 0 Å². The van der Waals surface area contributed by atoms with E-state index in [-0.39, 0.29) is 12.6 Å². The Morgan fingerprint density at radius 2 is 1.79 bits per heavy atom. The summed E-state index contributed by atoms with van der Waals surface area (Å²) >= 11 is 0. The van der Waals surface area contributed by atoms with Gasteiger partial charge < -0.3 is 5.73 Å². The van der Waals surface area contributed by atoms with Crippen molar-refractivity contribution in [2.75, 3.05) is 13.1 Å². The van der Waals surface area contributed by atoms with Gasteiger partial charge in [0.05, 0.1) is 6.54 Å². The summed E-state index contributed by atoms with van der Waals surface area (Å²) in [4.78, 5) is 23.4. The van der Waals surface area contributed by atoms with Gasteiger partial charge in [-0.3, -0.25) is 24.9 Å². The highest BCUT2D eigenvalue weighted by atomic mass is 16.5. The number of likely N-dealkylation sites (tertiary alicyclic amines) is 1. The molecular weight excluding hydrogens is 354 g/mol. The van der Waals surface area contributed by atoms with Crippen LogP contribution in [-0.4, -0.2) is 50.7 Å². The highest BCUT2D eigenvalue weighted by Crippen LogP contribution is 2.35. The van der Waals surface area contributed by atoms with Gasteiger partial charge in [-0.2, -0.15) is 0 Å². The molecule has 3 heterocycles. The third-order valence-corrected chi connectivity index (χ3v) is 5.77. The summed E-state index contributed by atoms with van der Waals surface area (Å²) in [5, 5.41) is 9.08. The maximum Gasteiger partial charge on any atom is 0.257 e. The Bertz CT molecular complexity index is 778. The molecule has 3 rings (SSSR count). The highest BCUT2D eigenvalue weighted by Gasteiger charge is 2.43. The number of amides is 1. The molecule has 1 amide bonds. The molecule has 4 N–H and O–H groups in total. The first-order chi connectivity index (χ1) is 13.4. The Morgan fingerprint density at radius 3 is 2.29 bits per heavy atom. The third-order valence-electron chi connectivity index (χ3n) is 5.77. The molecule has 0 aliphatic carbocycles. The monoisotopic (exact) mass is 383 g/mol. The second-order valence-corrected chi connectivity index (χ2v) is 7.82. The van der Waals surface area contributed by atoms with Gasteiger partial charge in [-0.1, -0.05) is 12.1 Å². The number of hydroxylamine groups is 1. The standard InChI is InChI=1S/C21H29N5O2/c1-15-5-3-8-23-18(15)12-21(13-19-16(2)6-4-9-24-19)11-17(22)7-10-26(21)14-20(27)25-28/h3-6,8-9,17,28H,7,10-14,22H2,1-2H3,(H,25,27). The molecule has 0 radical (unpaired) electrons. The molecule has 1 aliphatic rings. The average molecular weight is 383 g/mol. The van der Waals surface area contributed by atoms with E-state index in [0.717, 1.165) is 35.4 Å². The smallest absolute Gasteiger partial charge is 0.257 e. The maximum atomic E-state index is 12.0. The van der Waals surface area contributed by atoms with Crippen molar-refractivity contribution >= 4 is 5.91 Å². The Labute approximate surface area is 165 Å². The molecule has 0 saturated carbocycles. The molecule has 7 heteroatoms. The van der Waals surface area contributed by atoms with E-state index in [0.29, 0.717) is 19.4 Å². The van der Waals surface area contributed by atoms with Gasteiger partial charge in [-0.05, 0) is 49.9 Å². The number of rotatable bonds is 6. The zero-order valence-electron chi connectivity index (χ0n) is 16.6. The average Bonchev–Trinajstić information content (AvgIpc) is 2.68. The summed E-state index contributed by atoms with van der Waals surface area (Å²) in [6.45, 7) is 4.90. The van der Waals surface area contributed by atoms with Gasteiger partial charge in [0.25, 0.3) is 5.91 Å². The summed E-state index contributed by atoms with van der Waals surface area (Å²) in [6.07, 6.45) is 6.48. The summed E-state index contributed by atoms with van der Waals surface area (Å²) in [5.41, 5.74) is 12.0. The molecule has 2 aromatic rings. The van der Waals surface area contributed by atoms with Crippen molar-refractivity contribution in [1.29, 1.82) is 0 Å². The number of aromatic nitrogens is 2. The van der Waals surface area contributed by atoms with Crippen molar-refractivity contribution in [3.63, 3.8) is 0 Å². The van der Waals surface area contributed by atoms with Crippen LogP contribution in [0.15, 0.2) is 36.7 Å². The predicted molar refractivity (Wildman–Crippen MR) is 107 cm³/mol. The fraction of sp³-hybridized carbons (Fsp3) is 0.476. The van der Waals surface area contributed by atoms with Gasteiger partial charge in [0, 0.05) is 54.7 Å². The van der Waals surface area contributed by atoms with Crippen LogP contribution in [-0.2, 0) is 17.6 Å². The Morgan fingerprint density at radius 1 is 1.21 bits per heavy atom. The Hall–Kier alpha value is -2.35. The fourth-order valence-corrected chi connectivity index (χ4v) is 4.19. The Balaban J connectivity index is 2.03. The van der Waals surface area contributed by atoms with Crippen molar-refractivity contribution < 1.29 is 10.0 Å². The van der Waals surface area contributed by atoms with E-state index in [1.807, 2.05) is 12.1 Å². The van der Waals surface area contributed by atoms with E-state index in [4.69, 9.17) is 10.9 Å². The molecule has 28 heavy (non-hydrogen) atoms. The van der Waals surface area contributed by atoms with Crippen LogP contribution in [0.4, 0.5) is 0 Å². The lowest BCUT2D eigenvalue weighted by atomic mass is 9.76. The lowest BCUT2D eigenvalue weighted by Crippen LogP contribution is -2.61. The largest absolute Gasteiger partial charge is 0.328 e. The van der Waals surface area contributed by atoms with Crippen LogP contribution in [0.5, 0.6) is 0 Å². The number of hydrogen-bond donors (Lipinski definition) is 3. The summed E-state index contributed by atoms with van der Waals surface area (Å²) in [7, 11) is 0. The molecule has 150 valence electrons. The summed E-state index contributed by atoms with van der Waals surface area (Å²) in [6, 6.07) is 8.00. The number of nitrogens with two attached hydrogens (primary N) is 1. The number of hydrogen-bond acceptors (Lipinski definition) is 6. The predicted octanol–water partition coefficient (Wildman–Crippen LogP) is 1.55. The minimum absolute atomic E-state index is 0.0430. The molecule has 0 aromatic carbocycles. The second-order valence-electron chi connectivity index (χ2n) is 7.82. The van der Waals surface area contributed by atoms with E-state index in [1.54, 1.807) is 17.9 Å². The Kier molecular flexibility index (Phi) is 6.39. The van der Waals surface area contributed by atoms with E-state index < -0.39 is 11.4 Å². The van der Waals surface area contributed by atoms with Crippen LogP contribution in [0, 0.1) is 13.8 Å². The van der Waals surface area contributed by atoms with Gasteiger partial charge in [0.15, 0.2) is 0 Å². The number of nitrogens with one attached hydrogen (secondary N) is 1. The third kappa shape index (κ3) is 4.55. The van der Waals surface area contributed by atoms with Gasteiger partial charge in [-0.25, -0.2) is 5.48 Å². The van der Waals surface area contributed by atoms with Gasteiger partial charge in [-0.15, -0.1) is 0 Å². The topological polar surface area (TPSA) is 104 Å². The molecule has 2 aromatic heterocycles. The number of carbonyl (C=O) groups excluding carboxylic acids is 1. The molecule has 0 bridgehead atoms. The highest BCUT2D eigenvalue weighted by molar-refractivity contribution is 5.76. The van der Waals surface area contributed by atoms with Crippen LogP contribution < -0.4 is 11.2 Å². The lowest BCUT2D eigenvalue weighted by Gasteiger charge is -2.49. The van der Waals surface area contributed by atoms with Crippen molar-refractivity contribution in [2.45, 2.75) is 51.1 Å². The minimum Gasteiger partial charge on any atom is -0.328 e. The molecule has 1 unspecified atom stereocenters. The van der Waals surface area contributed by atoms with Crippen molar-refractivity contribution in [1.82, 2.24) is 20.3 Å². The van der Waals surface area contributed by atoms with E-state index in [1.165, 1.54) is 0 Å². The normalized spacial score (nSPS) is 19.4. The molecule has 1 atom stereocenters. The zero-order valence-corrected chi connectivity index (χ0v) is 16.6. The zero-order chi connectivity index (χ0) is 20.1. The van der Waals surface area contributed by atoms with Crippen LogP contribution in [0.2, 0.25) is 0 Å². The first-order valence-corrected chi connectivity index (χ1v) is 9.68. The molecule has 1 saturated heterocycles. The SMILES string of the molecule is Cc1cccnc1CC1(Cc2ncccc2C)CC(N)CCN1CC(=O)NO. The quantitative estimate of drug-likeness (QED) is 0.516. The molecule has 7 nitrogen and oxygen atoms in total. The van der Waals surface area contributed by atoms with E-state index in [9.17, 15) is 4.79 Å². The number of aryl methyl sites for hydroxylation is 2. The van der Waals surface area contributed by atoms with Crippen molar-refractivity contribution in [2.24, 2.45) is 5.73 Å². The van der Waals surface area contributed by atoms with Crippen LogP contribution in [0.1, 0.15) is 35.4 Å². The van der Waals surface area contributed by atoms with E-state index in [2.05, 4.69) is 40.8 Å². The second kappa shape index (κ2) is 8.77. The van der Waals surface area contributed by atoms with Crippen LogP contribution in [0.25, 0.3) is 0 Å². The number of pyridine rings is 2. The number of piperidine rings is 1. The molecule has 1 aliphatic heterocycles. The molecule has 0 spiro atoms. The van der Waals surface area contributed by atoms with Gasteiger partial charge in [0.2, 0.25) is 0 Å². The molecular formula is C21H29N5O2. The first-order valence-electron chi connectivity index (χ1n) is 9.68. The molecule has 1 fully saturated rings. The fourth-order valence-electron chi connectivity index (χ4n) is 4.19. The lowest BCUT2D eigenvalue weighted by molar-refractivity contribution is -0.133.